The van der Waals surface area contributed by atoms with E-state index in [0.29, 0.717) is 13.2 Å². The molecule has 0 bridgehead atoms. The summed E-state index contributed by atoms with van der Waals surface area (Å²) in [7, 11) is -2.27. The van der Waals surface area contributed by atoms with Gasteiger partial charge in [0.25, 0.3) is 0 Å². The number of hydrogen-bond acceptors (Lipinski definition) is 3. The van der Waals surface area contributed by atoms with Gasteiger partial charge in [-0.05, 0) is 49.8 Å². The van der Waals surface area contributed by atoms with Crippen LogP contribution in [0.5, 0.6) is 0 Å². The Bertz CT molecular complexity index is 536. The fraction of sp³-hybridized carbons (Fsp3) is 0.294. The molecule has 4 heteroatoms. The Labute approximate surface area is 128 Å². The van der Waals surface area contributed by atoms with Crippen LogP contribution in [0.25, 0.3) is 0 Å². The second kappa shape index (κ2) is 7.40. The molecule has 0 aliphatic heterocycles. The molecule has 1 N–H and O–H groups in total. The minimum absolute atomic E-state index is 0.673. The Morgan fingerprint density at radius 2 is 1.33 bits per heavy atom. The molecule has 21 heavy (non-hydrogen) atoms. The van der Waals surface area contributed by atoms with E-state index < -0.39 is 8.56 Å². The zero-order valence-corrected chi connectivity index (χ0v) is 13.9. The van der Waals surface area contributed by atoms with Crippen molar-refractivity contribution >= 4 is 25.1 Å². The summed E-state index contributed by atoms with van der Waals surface area (Å²) in [6, 6.07) is 18.5. The minimum atomic E-state index is -2.27. The molecule has 0 saturated carbocycles. The van der Waals surface area contributed by atoms with Crippen LogP contribution in [-0.2, 0) is 8.85 Å². The molecule has 0 unspecified atom stereocenters. The number of benzene rings is 2. The number of rotatable bonds is 7. The zero-order chi connectivity index (χ0) is 15.1. The first-order valence-corrected chi connectivity index (χ1v) is 9.70. The van der Waals surface area contributed by atoms with Gasteiger partial charge in [-0.15, -0.1) is 0 Å². The van der Waals surface area contributed by atoms with E-state index in [1.165, 1.54) is 0 Å². The van der Waals surface area contributed by atoms with Crippen LogP contribution < -0.4 is 10.5 Å². The van der Waals surface area contributed by atoms with E-state index in [2.05, 4.69) is 36.1 Å². The van der Waals surface area contributed by atoms with Crippen LogP contribution >= 0.6 is 0 Å². The van der Waals surface area contributed by atoms with Crippen molar-refractivity contribution in [2.75, 3.05) is 18.5 Å². The second-order valence-electron chi connectivity index (χ2n) is 4.88. The van der Waals surface area contributed by atoms with Crippen LogP contribution in [0, 0.1) is 0 Å². The summed E-state index contributed by atoms with van der Waals surface area (Å²) in [5.41, 5.74) is 2.15. The van der Waals surface area contributed by atoms with Gasteiger partial charge < -0.3 is 14.2 Å². The highest BCUT2D eigenvalue weighted by Gasteiger charge is 2.33. The maximum Gasteiger partial charge on any atom is 0.369 e. The molecule has 2 aromatic rings. The maximum absolute atomic E-state index is 5.91. The van der Waals surface area contributed by atoms with Crippen molar-refractivity contribution in [1.82, 2.24) is 0 Å². The lowest BCUT2D eigenvalue weighted by Gasteiger charge is -2.26. The van der Waals surface area contributed by atoms with E-state index in [9.17, 15) is 0 Å². The summed E-state index contributed by atoms with van der Waals surface area (Å²) >= 11 is 0. The van der Waals surface area contributed by atoms with E-state index in [0.717, 1.165) is 16.6 Å². The van der Waals surface area contributed by atoms with Gasteiger partial charge in [-0.3, -0.25) is 0 Å². The van der Waals surface area contributed by atoms with Gasteiger partial charge in [-0.25, -0.2) is 0 Å². The first-order valence-electron chi connectivity index (χ1n) is 7.38. The molecule has 0 spiro atoms. The van der Waals surface area contributed by atoms with Gasteiger partial charge in [-0.2, -0.15) is 0 Å². The van der Waals surface area contributed by atoms with Crippen molar-refractivity contribution in [3.05, 3.63) is 54.6 Å². The van der Waals surface area contributed by atoms with Gasteiger partial charge in [0.15, 0.2) is 0 Å². The van der Waals surface area contributed by atoms with Crippen LogP contribution in [0.4, 0.5) is 11.4 Å². The van der Waals surface area contributed by atoms with Crippen molar-refractivity contribution in [3.8, 4) is 0 Å². The van der Waals surface area contributed by atoms with Gasteiger partial charge in [0.05, 0.1) is 0 Å². The molecule has 0 aliphatic carbocycles. The molecular weight excluding hydrogens is 278 g/mol. The van der Waals surface area contributed by atoms with Crippen molar-refractivity contribution in [2.24, 2.45) is 0 Å². The summed E-state index contributed by atoms with van der Waals surface area (Å²) in [5, 5.41) is 4.54. The van der Waals surface area contributed by atoms with Crippen LogP contribution in [0.3, 0.4) is 0 Å². The summed E-state index contributed by atoms with van der Waals surface area (Å²) in [5.74, 6) is 0. The average molecular weight is 301 g/mol. The predicted molar refractivity (Wildman–Crippen MR) is 90.7 cm³/mol. The molecule has 3 nitrogen and oxygen atoms in total. The van der Waals surface area contributed by atoms with Gasteiger partial charge in [0.1, 0.15) is 0 Å². The lowest BCUT2D eigenvalue weighted by atomic mass is 10.3. The highest BCUT2D eigenvalue weighted by molar-refractivity contribution is 6.79. The smallest absolute Gasteiger partial charge is 0.369 e. The van der Waals surface area contributed by atoms with E-state index in [1.807, 2.05) is 44.2 Å². The Balaban J connectivity index is 2.14. The predicted octanol–water partition coefficient (Wildman–Crippen LogP) is 3.78. The third-order valence-corrected chi connectivity index (χ3v) is 6.37. The fourth-order valence-electron chi connectivity index (χ4n) is 2.30. The fourth-order valence-corrected chi connectivity index (χ4v) is 4.59. The number of hydrogen-bond donors (Lipinski definition) is 1. The zero-order valence-electron chi connectivity index (χ0n) is 12.9. The molecular formula is C17H23NO2Si. The quantitative estimate of drug-likeness (QED) is 0.789. The van der Waals surface area contributed by atoms with E-state index in [4.69, 9.17) is 8.85 Å². The Hall–Kier alpha value is -1.62. The number of para-hydroxylation sites is 1. The molecule has 0 heterocycles. The van der Waals surface area contributed by atoms with Crippen LogP contribution in [0.15, 0.2) is 54.6 Å². The second-order valence-corrected chi connectivity index (χ2v) is 7.93. The molecule has 0 radical (unpaired) electrons. The monoisotopic (exact) mass is 301 g/mol. The topological polar surface area (TPSA) is 30.5 Å². The molecule has 0 aromatic heterocycles. The Morgan fingerprint density at radius 1 is 0.810 bits per heavy atom. The Kier molecular flexibility index (Phi) is 5.56. The first-order chi connectivity index (χ1) is 10.2. The van der Waals surface area contributed by atoms with Gasteiger partial charge in [0.2, 0.25) is 0 Å². The molecule has 0 fully saturated rings. The first kappa shape index (κ1) is 15.8. The molecule has 0 atom stereocenters. The summed E-state index contributed by atoms with van der Waals surface area (Å²) in [4.78, 5) is 0. The van der Waals surface area contributed by atoms with Gasteiger partial charge in [0, 0.05) is 24.6 Å². The molecule has 0 saturated heterocycles. The van der Waals surface area contributed by atoms with Gasteiger partial charge in [-0.1, -0.05) is 30.3 Å². The lowest BCUT2D eigenvalue weighted by molar-refractivity contribution is 0.202. The standard InChI is InChI=1S/C17H23NO2Si/c1-4-19-21(3,20-5-2)17-13-11-16(12-14-17)18-15-9-7-6-8-10-15/h6-14,18H,4-5H2,1-3H3. The van der Waals surface area contributed by atoms with E-state index in [1.54, 1.807) is 0 Å². The van der Waals surface area contributed by atoms with Crippen molar-refractivity contribution < 1.29 is 8.85 Å². The van der Waals surface area contributed by atoms with Crippen molar-refractivity contribution in [2.45, 2.75) is 20.4 Å². The molecule has 0 aliphatic rings. The molecule has 112 valence electrons. The summed E-state index contributed by atoms with van der Waals surface area (Å²) in [6.45, 7) is 7.46. The molecule has 0 amide bonds. The Morgan fingerprint density at radius 3 is 1.86 bits per heavy atom. The highest BCUT2D eigenvalue weighted by atomic mass is 28.4. The van der Waals surface area contributed by atoms with Crippen LogP contribution in [0.2, 0.25) is 6.55 Å². The number of anilines is 2. The minimum Gasteiger partial charge on any atom is -0.391 e. The van der Waals surface area contributed by atoms with Crippen LogP contribution in [-0.4, -0.2) is 21.8 Å². The summed E-state index contributed by atoms with van der Waals surface area (Å²) in [6.07, 6.45) is 0. The third kappa shape index (κ3) is 4.17. The van der Waals surface area contributed by atoms with E-state index in [-0.39, 0.29) is 0 Å². The molecule has 2 aromatic carbocycles. The highest BCUT2D eigenvalue weighted by Crippen LogP contribution is 2.16. The lowest BCUT2D eigenvalue weighted by Crippen LogP contribution is -2.51. The van der Waals surface area contributed by atoms with Crippen LogP contribution in [0.1, 0.15) is 13.8 Å². The van der Waals surface area contributed by atoms with Crippen molar-refractivity contribution in [3.63, 3.8) is 0 Å². The maximum atomic E-state index is 5.91. The third-order valence-electron chi connectivity index (χ3n) is 3.31. The van der Waals surface area contributed by atoms with Gasteiger partial charge >= 0.3 is 8.56 Å². The largest absolute Gasteiger partial charge is 0.391 e. The summed E-state index contributed by atoms with van der Waals surface area (Å²) < 4.78 is 11.8. The number of nitrogens with one attached hydrogen (secondary N) is 1. The average Bonchev–Trinajstić information content (AvgIpc) is 2.49. The van der Waals surface area contributed by atoms with E-state index >= 15 is 0 Å². The normalized spacial score (nSPS) is 11.4. The SMILES string of the molecule is CCO[Si](C)(OCC)c1ccc(Nc2ccccc2)cc1. The van der Waals surface area contributed by atoms with Crippen molar-refractivity contribution in [1.29, 1.82) is 0 Å². The molecule has 2 rings (SSSR count).